The monoisotopic (exact) mass is 299 g/mol. The van der Waals surface area contributed by atoms with Crippen LogP contribution in [0.25, 0.3) is 0 Å². The maximum Gasteiger partial charge on any atom is 0.0454 e. The minimum atomic E-state index is -0.199. The van der Waals surface area contributed by atoms with Gasteiger partial charge in [-0.3, -0.25) is 0 Å². The van der Waals surface area contributed by atoms with Gasteiger partial charge in [-0.1, -0.05) is 27.5 Å². The summed E-state index contributed by atoms with van der Waals surface area (Å²) in [5.41, 5.74) is 6.68. The largest absolute Gasteiger partial charge is 0.396 e. The van der Waals surface area contributed by atoms with Crippen LogP contribution >= 0.6 is 39.9 Å². The molecular formula is C9H12BrCl2NO. The predicted molar refractivity (Wildman–Crippen MR) is 65.0 cm³/mol. The molecule has 0 amide bonds. The molecule has 0 spiro atoms. The second-order valence-corrected chi connectivity index (χ2v) is 4.11. The molecule has 0 aromatic heterocycles. The van der Waals surface area contributed by atoms with Crippen LogP contribution in [0.5, 0.6) is 0 Å². The molecule has 1 rings (SSSR count). The van der Waals surface area contributed by atoms with Gasteiger partial charge in [-0.15, -0.1) is 12.4 Å². The van der Waals surface area contributed by atoms with Crippen LogP contribution in [0.4, 0.5) is 0 Å². The third kappa shape index (κ3) is 3.75. The number of nitrogens with two attached hydrogens (primary N) is 1. The van der Waals surface area contributed by atoms with Gasteiger partial charge in [0.05, 0.1) is 0 Å². The van der Waals surface area contributed by atoms with Crippen molar-refractivity contribution in [1.29, 1.82) is 0 Å². The van der Waals surface area contributed by atoms with E-state index in [1.165, 1.54) is 0 Å². The Morgan fingerprint density at radius 2 is 2.14 bits per heavy atom. The van der Waals surface area contributed by atoms with Crippen molar-refractivity contribution < 1.29 is 5.11 Å². The molecule has 0 saturated carbocycles. The first-order chi connectivity index (χ1) is 6.15. The van der Waals surface area contributed by atoms with Gasteiger partial charge in [0.15, 0.2) is 0 Å². The minimum absolute atomic E-state index is 0. The van der Waals surface area contributed by atoms with E-state index in [0.717, 1.165) is 10.0 Å². The van der Waals surface area contributed by atoms with Crippen molar-refractivity contribution in [2.75, 3.05) is 6.61 Å². The van der Waals surface area contributed by atoms with Crippen LogP contribution in [0.2, 0.25) is 5.02 Å². The summed E-state index contributed by atoms with van der Waals surface area (Å²) >= 11 is 9.28. The molecule has 1 aromatic carbocycles. The average Bonchev–Trinajstić information content (AvgIpc) is 2.09. The van der Waals surface area contributed by atoms with Gasteiger partial charge < -0.3 is 10.8 Å². The number of hydrogen-bond donors (Lipinski definition) is 2. The van der Waals surface area contributed by atoms with Gasteiger partial charge in [-0.25, -0.2) is 0 Å². The second kappa shape index (κ2) is 6.64. The zero-order valence-electron chi connectivity index (χ0n) is 7.41. The number of benzene rings is 1. The SMILES string of the molecule is Cl.N[C@H](CCO)c1cc(Br)ccc1Cl. The van der Waals surface area contributed by atoms with E-state index in [1.54, 1.807) is 6.07 Å². The molecule has 2 nitrogen and oxygen atoms in total. The second-order valence-electron chi connectivity index (χ2n) is 2.78. The molecule has 0 radical (unpaired) electrons. The van der Waals surface area contributed by atoms with E-state index in [9.17, 15) is 0 Å². The maximum absolute atomic E-state index is 8.72. The molecule has 1 atom stereocenters. The smallest absolute Gasteiger partial charge is 0.0454 e. The third-order valence-electron chi connectivity index (χ3n) is 1.80. The van der Waals surface area contributed by atoms with Crippen molar-refractivity contribution in [3.05, 3.63) is 33.3 Å². The van der Waals surface area contributed by atoms with E-state index in [1.807, 2.05) is 12.1 Å². The first-order valence-corrected chi connectivity index (χ1v) is 5.13. The Labute approximate surface area is 103 Å². The molecule has 14 heavy (non-hydrogen) atoms. The molecule has 0 aliphatic heterocycles. The van der Waals surface area contributed by atoms with Crippen LogP contribution in [0.15, 0.2) is 22.7 Å². The Bertz CT molecular complexity index is 296. The molecule has 5 heteroatoms. The van der Waals surface area contributed by atoms with E-state index in [2.05, 4.69) is 15.9 Å². The molecule has 1 aromatic rings. The summed E-state index contributed by atoms with van der Waals surface area (Å²) < 4.78 is 0.945. The molecule has 0 saturated heterocycles. The highest BCUT2D eigenvalue weighted by atomic mass is 79.9. The van der Waals surface area contributed by atoms with Crippen molar-refractivity contribution in [3.8, 4) is 0 Å². The molecule has 0 unspecified atom stereocenters. The van der Waals surface area contributed by atoms with E-state index in [4.69, 9.17) is 22.4 Å². The molecule has 3 N–H and O–H groups in total. The van der Waals surface area contributed by atoms with Gasteiger partial charge in [0.1, 0.15) is 0 Å². The molecule has 0 aliphatic rings. The van der Waals surface area contributed by atoms with Gasteiger partial charge >= 0.3 is 0 Å². The zero-order chi connectivity index (χ0) is 9.84. The molecule has 0 heterocycles. The van der Waals surface area contributed by atoms with E-state index in [0.29, 0.717) is 11.4 Å². The van der Waals surface area contributed by atoms with E-state index < -0.39 is 0 Å². The van der Waals surface area contributed by atoms with Gasteiger partial charge in [-0.2, -0.15) is 0 Å². The number of halogens is 3. The normalized spacial score (nSPS) is 12.0. The molecule has 80 valence electrons. The van der Waals surface area contributed by atoms with E-state index >= 15 is 0 Å². The Morgan fingerprint density at radius 3 is 2.71 bits per heavy atom. The summed E-state index contributed by atoms with van der Waals surface area (Å²) in [5.74, 6) is 0. The topological polar surface area (TPSA) is 46.2 Å². The molecule has 0 bridgehead atoms. The quantitative estimate of drug-likeness (QED) is 0.901. The van der Waals surface area contributed by atoms with Crippen molar-refractivity contribution in [2.24, 2.45) is 5.73 Å². The Balaban J connectivity index is 0.00000169. The third-order valence-corrected chi connectivity index (χ3v) is 2.64. The average molecular weight is 301 g/mol. The van der Waals surface area contributed by atoms with Crippen molar-refractivity contribution in [3.63, 3.8) is 0 Å². The Morgan fingerprint density at radius 1 is 1.50 bits per heavy atom. The Hall–Kier alpha value is 0.200. The molecular weight excluding hydrogens is 289 g/mol. The fraction of sp³-hybridized carbons (Fsp3) is 0.333. The van der Waals surface area contributed by atoms with Crippen molar-refractivity contribution in [1.82, 2.24) is 0 Å². The van der Waals surface area contributed by atoms with Crippen LogP contribution in [-0.4, -0.2) is 11.7 Å². The standard InChI is InChI=1S/C9H11BrClNO.ClH/c10-6-1-2-8(11)7(5-6)9(12)3-4-13;/h1-2,5,9,13H,3-4,12H2;1H/t9-;/m1./s1. The highest BCUT2D eigenvalue weighted by Gasteiger charge is 2.09. The minimum Gasteiger partial charge on any atom is -0.396 e. The number of rotatable bonds is 3. The summed E-state index contributed by atoms with van der Waals surface area (Å²) in [7, 11) is 0. The summed E-state index contributed by atoms with van der Waals surface area (Å²) in [6, 6.07) is 5.33. The fourth-order valence-corrected chi connectivity index (χ4v) is 1.73. The zero-order valence-corrected chi connectivity index (χ0v) is 10.6. The van der Waals surface area contributed by atoms with Gasteiger partial charge in [-0.05, 0) is 30.2 Å². The van der Waals surface area contributed by atoms with Crippen LogP contribution in [0, 0.1) is 0 Å². The Kier molecular flexibility index (Phi) is 6.74. The lowest BCUT2D eigenvalue weighted by atomic mass is 10.1. The predicted octanol–water partition coefficient (Wildman–Crippen LogP) is 2.91. The number of aliphatic hydroxyl groups is 1. The van der Waals surface area contributed by atoms with Gasteiger partial charge in [0.25, 0.3) is 0 Å². The molecule has 0 fully saturated rings. The van der Waals surface area contributed by atoms with Crippen molar-refractivity contribution >= 4 is 39.9 Å². The lowest BCUT2D eigenvalue weighted by molar-refractivity contribution is 0.276. The number of aliphatic hydroxyl groups excluding tert-OH is 1. The summed E-state index contributed by atoms with van der Waals surface area (Å²) in [6.07, 6.45) is 0.524. The highest BCUT2D eigenvalue weighted by Crippen LogP contribution is 2.26. The van der Waals surface area contributed by atoms with E-state index in [-0.39, 0.29) is 25.1 Å². The maximum atomic E-state index is 8.72. The summed E-state index contributed by atoms with van der Waals surface area (Å²) in [6.45, 7) is 0.0734. The highest BCUT2D eigenvalue weighted by molar-refractivity contribution is 9.10. The number of hydrogen-bond acceptors (Lipinski definition) is 2. The van der Waals surface area contributed by atoms with Crippen LogP contribution in [0.3, 0.4) is 0 Å². The van der Waals surface area contributed by atoms with Gasteiger partial charge in [0, 0.05) is 22.1 Å². The lowest BCUT2D eigenvalue weighted by Crippen LogP contribution is -2.12. The van der Waals surface area contributed by atoms with Crippen LogP contribution in [-0.2, 0) is 0 Å². The van der Waals surface area contributed by atoms with Crippen molar-refractivity contribution in [2.45, 2.75) is 12.5 Å². The molecule has 0 aliphatic carbocycles. The lowest BCUT2D eigenvalue weighted by Gasteiger charge is -2.12. The van der Waals surface area contributed by atoms with Crippen LogP contribution in [0.1, 0.15) is 18.0 Å². The summed E-state index contributed by atoms with van der Waals surface area (Å²) in [5, 5.41) is 9.37. The fourth-order valence-electron chi connectivity index (χ4n) is 1.09. The summed E-state index contributed by atoms with van der Waals surface area (Å²) in [4.78, 5) is 0. The first-order valence-electron chi connectivity index (χ1n) is 3.96. The first kappa shape index (κ1) is 14.2. The van der Waals surface area contributed by atoms with Crippen LogP contribution < -0.4 is 5.73 Å². The van der Waals surface area contributed by atoms with Gasteiger partial charge in [0.2, 0.25) is 0 Å².